The number of aryl methyl sites for hydroxylation is 1. The minimum Gasteiger partial charge on any atom is -0.396 e. The predicted molar refractivity (Wildman–Crippen MR) is 91.8 cm³/mol. The van der Waals surface area contributed by atoms with Gasteiger partial charge in [-0.2, -0.15) is 0 Å². The smallest absolute Gasteiger partial charge is 0.196 e. The second-order valence-corrected chi connectivity index (χ2v) is 6.16. The van der Waals surface area contributed by atoms with E-state index in [1.807, 2.05) is 24.3 Å². The molecule has 0 fully saturated rings. The van der Waals surface area contributed by atoms with Crippen molar-refractivity contribution in [2.45, 2.75) is 18.5 Å². The van der Waals surface area contributed by atoms with Gasteiger partial charge in [-0.05, 0) is 37.1 Å². The topological polar surface area (TPSA) is 63.8 Å². The molecule has 0 atom stereocenters. The normalized spacial score (nSPS) is 10.9. The van der Waals surface area contributed by atoms with Gasteiger partial charge < -0.3 is 5.11 Å². The molecular formula is C17H18N4OS. The van der Waals surface area contributed by atoms with E-state index in [2.05, 4.69) is 38.8 Å². The highest BCUT2D eigenvalue weighted by Gasteiger charge is 2.17. The van der Waals surface area contributed by atoms with Crippen LogP contribution < -0.4 is 0 Å². The first-order valence-corrected chi connectivity index (χ1v) is 8.45. The Morgan fingerprint density at radius 2 is 2.00 bits per heavy atom. The fourth-order valence-corrected chi connectivity index (χ4v) is 3.17. The maximum absolute atomic E-state index is 8.99. The number of benzene rings is 1. The standard InChI is InChI=1S/C17H18N4OS/c1-13-6-2-3-8-15(13)21-16(14-7-4-9-18-12-14)19-20-17(21)23-11-5-10-22/h2-4,6-9,12,22H,5,10-11H2,1H3. The summed E-state index contributed by atoms with van der Waals surface area (Å²) in [6.45, 7) is 2.26. The lowest BCUT2D eigenvalue weighted by Gasteiger charge is -2.12. The van der Waals surface area contributed by atoms with Crippen LogP contribution in [0.15, 0.2) is 53.9 Å². The molecule has 1 aromatic carbocycles. The van der Waals surface area contributed by atoms with Gasteiger partial charge >= 0.3 is 0 Å². The second kappa shape index (κ2) is 7.39. The Labute approximate surface area is 139 Å². The Morgan fingerprint density at radius 1 is 1.13 bits per heavy atom. The van der Waals surface area contributed by atoms with E-state index in [9.17, 15) is 0 Å². The number of pyridine rings is 1. The number of aromatic nitrogens is 4. The molecule has 0 bridgehead atoms. The van der Waals surface area contributed by atoms with Crippen LogP contribution in [-0.4, -0.2) is 37.2 Å². The fraction of sp³-hybridized carbons (Fsp3) is 0.235. The number of thioether (sulfide) groups is 1. The van der Waals surface area contributed by atoms with Gasteiger partial charge in [-0.1, -0.05) is 30.0 Å². The first kappa shape index (κ1) is 15.7. The Balaban J connectivity index is 2.09. The third kappa shape index (κ3) is 3.43. The number of para-hydroxylation sites is 1. The van der Waals surface area contributed by atoms with Crippen LogP contribution in [0.1, 0.15) is 12.0 Å². The van der Waals surface area contributed by atoms with Crippen LogP contribution in [0.3, 0.4) is 0 Å². The molecular weight excluding hydrogens is 308 g/mol. The third-order valence-corrected chi connectivity index (χ3v) is 4.46. The minimum atomic E-state index is 0.182. The Bertz CT molecular complexity index is 773. The van der Waals surface area contributed by atoms with E-state index in [4.69, 9.17) is 5.11 Å². The van der Waals surface area contributed by atoms with Crippen molar-refractivity contribution in [1.29, 1.82) is 0 Å². The number of nitrogens with zero attached hydrogens (tertiary/aromatic N) is 4. The molecule has 0 saturated carbocycles. The first-order chi connectivity index (χ1) is 11.3. The van der Waals surface area contributed by atoms with Crippen LogP contribution >= 0.6 is 11.8 Å². The number of hydrogen-bond donors (Lipinski definition) is 1. The molecule has 0 aliphatic rings. The molecule has 0 amide bonds. The lowest BCUT2D eigenvalue weighted by Crippen LogP contribution is -2.02. The van der Waals surface area contributed by atoms with E-state index in [1.165, 1.54) is 0 Å². The molecule has 6 heteroatoms. The van der Waals surface area contributed by atoms with E-state index >= 15 is 0 Å². The molecule has 1 N–H and O–H groups in total. The summed E-state index contributed by atoms with van der Waals surface area (Å²) < 4.78 is 2.06. The largest absolute Gasteiger partial charge is 0.396 e. The molecule has 0 radical (unpaired) electrons. The SMILES string of the molecule is Cc1ccccc1-n1c(SCCCO)nnc1-c1cccnc1. The van der Waals surface area contributed by atoms with Crippen molar-refractivity contribution in [1.82, 2.24) is 19.7 Å². The highest BCUT2D eigenvalue weighted by atomic mass is 32.2. The van der Waals surface area contributed by atoms with Crippen molar-refractivity contribution >= 4 is 11.8 Å². The van der Waals surface area contributed by atoms with Crippen molar-refractivity contribution < 1.29 is 5.11 Å². The van der Waals surface area contributed by atoms with Gasteiger partial charge in [0.05, 0.1) is 5.69 Å². The molecule has 5 nitrogen and oxygen atoms in total. The zero-order valence-electron chi connectivity index (χ0n) is 12.9. The quantitative estimate of drug-likeness (QED) is 0.557. The molecule has 118 valence electrons. The lowest BCUT2D eigenvalue weighted by molar-refractivity contribution is 0.296. The summed E-state index contributed by atoms with van der Waals surface area (Å²) >= 11 is 1.60. The minimum absolute atomic E-state index is 0.182. The lowest BCUT2D eigenvalue weighted by atomic mass is 10.2. The number of hydrogen-bond acceptors (Lipinski definition) is 5. The summed E-state index contributed by atoms with van der Waals surface area (Å²) in [5, 5.41) is 18.5. The highest BCUT2D eigenvalue weighted by Crippen LogP contribution is 2.29. The first-order valence-electron chi connectivity index (χ1n) is 7.46. The maximum atomic E-state index is 8.99. The molecule has 3 rings (SSSR count). The molecule has 0 aliphatic carbocycles. The van der Waals surface area contributed by atoms with E-state index in [0.717, 1.165) is 40.0 Å². The average Bonchev–Trinajstić information content (AvgIpc) is 3.00. The van der Waals surface area contributed by atoms with Crippen LogP contribution in [0, 0.1) is 6.92 Å². The average molecular weight is 326 g/mol. The summed E-state index contributed by atoms with van der Waals surface area (Å²) in [4.78, 5) is 4.18. The summed E-state index contributed by atoms with van der Waals surface area (Å²) in [6.07, 6.45) is 4.27. The summed E-state index contributed by atoms with van der Waals surface area (Å²) in [5.74, 6) is 1.58. The van der Waals surface area contributed by atoms with Gasteiger partial charge in [-0.3, -0.25) is 9.55 Å². The van der Waals surface area contributed by atoms with Crippen LogP contribution in [0.5, 0.6) is 0 Å². The fourth-order valence-electron chi connectivity index (χ4n) is 2.30. The van der Waals surface area contributed by atoms with Gasteiger partial charge in [0.25, 0.3) is 0 Å². The maximum Gasteiger partial charge on any atom is 0.196 e. The van der Waals surface area contributed by atoms with Gasteiger partial charge in [0, 0.05) is 30.3 Å². The van der Waals surface area contributed by atoms with E-state index < -0.39 is 0 Å². The summed E-state index contributed by atoms with van der Waals surface area (Å²) in [7, 11) is 0. The summed E-state index contributed by atoms with van der Waals surface area (Å²) in [6, 6.07) is 12.0. The van der Waals surface area contributed by atoms with Gasteiger partial charge in [0.2, 0.25) is 0 Å². The molecule has 0 saturated heterocycles. The molecule has 0 spiro atoms. The van der Waals surface area contributed by atoms with Gasteiger partial charge in [-0.25, -0.2) is 0 Å². The molecule has 2 heterocycles. The van der Waals surface area contributed by atoms with Gasteiger partial charge in [-0.15, -0.1) is 10.2 Å². The van der Waals surface area contributed by atoms with Crippen molar-refractivity contribution in [3.63, 3.8) is 0 Å². The van der Waals surface area contributed by atoms with E-state index in [0.29, 0.717) is 0 Å². The van der Waals surface area contributed by atoms with Crippen molar-refractivity contribution in [3.8, 4) is 17.1 Å². The molecule has 2 aromatic heterocycles. The van der Waals surface area contributed by atoms with Crippen LogP contribution in [-0.2, 0) is 0 Å². The van der Waals surface area contributed by atoms with Crippen LogP contribution in [0.4, 0.5) is 0 Å². The molecule has 0 unspecified atom stereocenters. The second-order valence-electron chi connectivity index (χ2n) is 5.10. The third-order valence-electron chi connectivity index (χ3n) is 3.44. The van der Waals surface area contributed by atoms with Crippen molar-refractivity contribution in [2.75, 3.05) is 12.4 Å². The number of aliphatic hydroxyl groups excluding tert-OH is 1. The Morgan fingerprint density at radius 3 is 2.74 bits per heavy atom. The zero-order chi connectivity index (χ0) is 16.1. The Hall–Kier alpha value is -2.18. The Kier molecular flexibility index (Phi) is 5.05. The van der Waals surface area contributed by atoms with Crippen LogP contribution in [0.2, 0.25) is 0 Å². The summed E-state index contributed by atoms with van der Waals surface area (Å²) in [5.41, 5.74) is 3.14. The number of rotatable bonds is 6. The van der Waals surface area contributed by atoms with Gasteiger partial charge in [0.1, 0.15) is 0 Å². The van der Waals surface area contributed by atoms with Crippen molar-refractivity contribution in [3.05, 3.63) is 54.4 Å². The van der Waals surface area contributed by atoms with Crippen molar-refractivity contribution in [2.24, 2.45) is 0 Å². The van der Waals surface area contributed by atoms with Gasteiger partial charge in [0.15, 0.2) is 11.0 Å². The molecule has 23 heavy (non-hydrogen) atoms. The predicted octanol–water partition coefficient (Wildman–Crippen LogP) is 3.11. The molecule has 0 aliphatic heterocycles. The monoisotopic (exact) mass is 326 g/mol. The highest BCUT2D eigenvalue weighted by molar-refractivity contribution is 7.99. The molecule has 3 aromatic rings. The van der Waals surface area contributed by atoms with Crippen LogP contribution in [0.25, 0.3) is 17.1 Å². The van der Waals surface area contributed by atoms with E-state index in [-0.39, 0.29) is 6.61 Å². The van der Waals surface area contributed by atoms with E-state index in [1.54, 1.807) is 24.2 Å². The number of aliphatic hydroxyl groups is 1. The zero-order valence-corrected chi connectivity index (χ0v) is 13.7.